The Hall–Kier alpha value is -1.89. The molecule has 1 aromatic carbocycles. The molecule has 0 aliphatic carbocycles. The zero-order valence-electron chi connectivity index (χ0n) is 10.1. The standard InChI is InChI=1S/C12H12F3N3O/c1-2-11-10(7-19)16-17-18(11)9-5-3-4-8(6-9)12(13,14)15/h3-6,19H,2,7H2,1H3. The van der Waals surface area contributed by atoms with Crippen LogP contribution in [-0.4, -0.2) is 20.1 Å². The summed E-state index contributed by atoms with van der Waals surface area (Å²) >= 11 is 0. The molecule has 102 valence electrons. The van der Waals surface area contributed by atoms with Crippen LogP contribution in [0, 0.1) is 0 Å². The maximum absolute atomic E-state index is 12.7. The predicted octanol–water partition coefficient (Wildman–Crippen LogP) is 2.34. The number of halogens is 3. The number of hydrogen-bond donors (Lipinski definition) is 1. The first-order chi connectivity index (χ1) is 8.97. The van der Waals surface area contributed by atoms with E-state index in [1.807, 2.05) is 6.92 Å². The van der Waals surface area contributed by atoms with Crippen LogP contribution < -0.4 is 0 Å². The Bertz CT molecular complexity index is 578. The minimum atomic E-state index is -4.40. The Morgan fingerprint density at radius 2 is 2.05 bits per heavy atom. The van der Waals surface area contributed by atoms with Gasteiger partial charge in [0.2, 0.25) is 0 Å². The summed E-state index contributed by atoms with van der Waals surface area (Å²) in [6.45, 7) is 1.53. The average molecular weight is 271 g/mol. The first-order valence-electron chi connectivity index (χ1n) is 5.69. The fraction of sp³-hybridized carbons (Fsp3) is 0.333. The van der Waals surface area contributed by atoms with Crippen LogP contribution in [0.3, 0.4) is 0 Å². The van der Waals surface area contributed by atoms with Gasteiger partial charge in [-0.25, -0.2) is 4.68 Å². The molecule has 0 unspecified atom stereocenters. The van der Waals surface area contributed by atoms with Gasteiger partial charge >= 0.3 is 6.18 Å². The summed E-state index contributed by atoms with van der Waals surface area (Å²) in [6.07, 6.45) is -3.89. The molecule has 19 heavy (non-hydrogen) atoms. The minimum absolute atomic E-state index is 0.277. The lowest BCUT2D eigenvalue weighted by atomic mass is 10.2. The van der Waals surface area contributed by atoms with E-state index >= 15 is 0 Å². The molecule has 7 heteroatoms. The second-order valence-electron chi connectivity index (χ2n) is 3.95. The summed E-state index contributed by atoms with van der Waals surface area (Å²) in [5.74, 6) is 0. The fourth-order valence-electron chi connectivity index (χ4n) is 1.83. The number of hydrogen-bond acceptors (Lipinski definition) is 3. The van der Waals surface area contributed by atoms with E-state index in [4.69, 9.17) is 5.11 Å². The van der Waals surface area contributed by atoms with Crippen LogP contribution in [0.1, 0.15) is 23.9 Å². The SMILES string of the molecule is CCc1c(CO)nnn1-c1cccc(C(F)(F)F)c1. The smallest absolute Gasteiger partial charge is 0.390 e. The van der Waals surface area contributed by atoms with Crippen LogP contribution in [0.25, 0.3) is 5.69 Å². The topological polar surface area (TPSA) is 50.9 Å². The van der Waals surface area contributed by atoms with Crippen LogP contribution in [0.2, 0.25) is 0 Å². The summed E-state index contributed by atoms with van der Waals surface area (Å²) in [5, 5.41) is 16.6. The number of aliphatic hydroxyl groups excluding tert-OH is 1. The summed E-state index contributed by atoms with van der Waals surface area (Å²) in [7, 11) is 0. The average Bonchev–Trinajstić information content (AvgIpc) is 2.80. The molecule has 0 aliphatic heterocycles. The lowest BCUT2D eigenvalue weighted by Crippen LogP contribution is -2.08. The van der Waals surface area contributed by atoms with Crippen molar-refractivity contribution in [3.8, 4) is 5.69 Å². The van der Waals surface area contributed by atoms with E-state index in [0.29, 0.717) is 17.8 Å². The molecule has 1 aromatic heterocycles. The van der Waals surface area contributed by atoms with Gasteiger partial charge < -0.3 is 5.11 Å². The van der Waals surface area contributed by atoms with Crippen molar-refractivity contribution >= 4 is 0 Å². The molecule has 0 fully saturated rings. The van der Waals surface area contributed by atoms with Crippen molar-refractivity contribution in [1.29, 1.82) is 0 Å². The van der Waals surface area contributed by atoms with Gasteiger partial charge in [-0.2, -0.15) is 13.2 Å². The van der Waals surface area contributed by atoms with E-state index in [0.717, 1.165) is 12.1 Å². The first-order valence-corrected chi connectivity index (χ1v) is 5.69. The van der Waals surface area contributed by atoms with Gasteiger partial charge in [0.05, 0.1) is 23.6 Å². The highest BCUT2D eigenvalue weighted by molar-refractivity contribution is 5.38. The van der Waals surface area contributed by atoms with Gasteiger partial charge in [-0.3, -0.25) is 0 Å². The highest BCUT2D eigenvalue weighted by atomic mass is 19.4. The predicted molar refractivity (Wildman–Crippen MR) is 61.7 cm³/mol. The van der Waals surface area contributed by atoms with Gasteiger partial charge in [-0.1, -0.05) is 18.2 Å². The van der Waals surface area contributed by atoms with Crippen LogP contribution in [0.4, 0.5) is 13.2 Å². The third kappa shape index (κ3) is 2.60. The minimum Gasteiger partial charge on any atom is -0.390 e. The van der Waals surface area contributed by atoms with Crippen molar-refractivity contribution in [1.82, 2.24) is 15.0 Å². The molecular formula is C12H12F3N3O. The Morgan fingerprint density at radius 3 is 2.63 bits per heavy atom. The highest BCUT2D eigenvalue weighted by Crippen LogP contribution is 2.30. The second-order valence-corrected chi connectivity index (χ2v) is 3.95. The van der Waals surface area contributed by atoms with Crippen molar-refractivity contribution < 1.29 is 18.3 Å². The van der Waals surface area contributed by atoms with E-state index < -0.39 is 11.7 Å². The van der Waals surface area contributed by atoms with Crippen LogP contribution in [0.5, 0.6) is 0 Å². The Labute approximate surface area is 107 Å². The number of nitrogens with zero attached hydrogens (tertiary/aromatic N) is 3. The molecule has 1 heterocycles. The number of alkyl halides is 3. The number of rotatable bonds is 3. The second kappa shape index (κ2) is 5.00. The van der Waals surface area contributed by atoms with Crippen molar-refractivity contribution in [2.75, 3.05) is 0 Å². The lowest BCUT2D eigenvalue weighted by Gasteiger charge is -2.10. The molecule has 0 saturated heterocycles. The quantitative estimate of drug-likeness (QED) is 0.932. The zero-order chi connectivity index (χ0) is 14.0. The monoisotopic (exact) mass is 271 g/mol. The number of aliphatic hydroxyl groups is 1. The van der Waals surface area contributed by atoms with Crippen LogP contribution in [-0.2, 0) is 19.2 Å². The van der Waals surface area contributed by atoms with Crippen molar-refractivity contribution in [2.45, 2.75) is 26.1 Å². The van der Waals surface area contributed by atoms with Gasteiger partial charge in [0.25, 0.3) is 0 Å². The first kappa shape index (κ1) is 13.5. The molecule has 0 aliphatic rings. The van der Waals surface area contributed by atoms with Gasteiger partial charge in [-0.05, 0) is 24.6 Å². The molecular weight excluding hydrogens is 259 g/mol. The van der Waals surface area contributed by atoms with Gasteiger partial charge in [0.1, 0.15) is 5.69 Å². The van der Waals surface area contributed by atoms with E-state index in [1.54, 1.807) is 0 Å². The summed E-state index contributed by atoms with van der Waals surface area (Å²) < 4.78 is 39.3. The third-order valence-electron chi connectivity index (χ3n) is 2.75. The summed E-state index contributed by atoms with van der Waals surface area (Å²) in [5.41, 5.74) is 0.508. The number of aromatic nitrogens is 3. The molecule has 0 amide bonds. The Balaban J connectivity index is 2.51. The molecule has 2 rings (SSSR count). The van der Waals surface area contributed by atoms with Crippen LogP contribution >= 0.6 is 0 Å². The molecule has 0 atom stereocenters. The van der Waals surface area contributed by atoms with Crippen LogP contribution in [0.15, 0.2) is 24.3 Å². The maximum atomic E-state index is 12.7. The largest absolute Gasteiger partial charge is 0.416 e. The van der Waals surface area contributed by atoms with Crippen molar-refractivity contribution in [3.05, 3.63) is 41.2 Å². The normalized spacial score (nSPS) is 11.8. The summed E-state index contributed by atoms with van der Waals surface area (Å²) in [4.78, 5) is 0. The molecule has 0 bridgehead atoms. The van der Waals surface area contributed by atoms with Crippen molar-refractivity contribution in [3.63, 3.8) is 0 Å². The van der Waals surface area contributed by atoms with Gasteiger partial charge in [0.15, 0.2) is 0 Å². The van der Waals surface area contributed by atoms with E-state index in [9.17, 15) is 13.2 Å². The molecule has 4 nitrogen and oxygen atoms in total. The fourth-order valence-corrected chi connectivity index (χ4v) is 1.83. The lowest BCUT2D eigenvalue weighted by molar-refractivity contribution is -0.137. The third-order valence-corrected chi connectivity index (χ3v) is 2.75. The zero-order valence-corrected chi connectivity index (χ0v) is 10.1. The maximum Gasteiger partial charge on any atom is 0.416 e. The molecule has 0 saturated carbocycles. The molecule has 0 spiro atoms. The van der Waals surface area contributed by atoms with Gasteiger partial charge in [0, 0.05) is 0 Å². The van der Waals surface area contributed by atoms with E-state index in [-0.39, 0.29) is 12.3 Å². The molecule has 2 aromatic rings. The van der Waals surface area contributed by atoms with E-state index in [1.165, 1.54) is 16.8 Å². The van der Waals surface area contributed by atoms with E-state index in [2.05, 4.69) is 10.3 Å². The molecule has 1 N–H and O–H groups in total. The van der Waals surface area contributed by atoms with Gasteiger partial charge in [-0.15, -0.1) is 5.10 Å². The number of benzene rings is 1. The molecule has 0 radical (unpaired) electrons. The Kier molecular flexibility index (Phi) is 3.57. The highest BCUT2D eigenvalue weighted by Gasteiger charge is 2.30. The summed E-state index contributed by atoms with van der Waals surface area (Å²) in [6, 6.07) is 4.84. The Morgan fingerprint density at radius 1 is 1.32 bits per heavy atom. The van der Waals surface area contributed by atoms with Crippen molar-refractivity contribution in [2.24, 2.45) is 0 Å².